The Morgan fingerprint density at radius 1 is 1.19 bits per heavy atom. The SMILES string of the molecule is Nc1nc(Sc2ccc3c(c2)OCCO3)ccc1[N+](=O)[O-]. The molecule has 1 aromatic carbocycles. The smallest absolute Gasteiger partial charge is 0.311 e. The van der Waals surface area contributed by atoms with E-state index in [9.17, 15) is 10.1 Å². The molecule has 0 amide bonds. The Kier molecular flexibility index (Phi) is 3.53. The molecular formula is C13H11N3O4S. The number of nitro groups is 1. The molecule has 0 saturated heterocycles. The van der Waals surface area contributed by atoms with E-state index in [1.165, 1.54) is 17.8 Å². The second-order valence-corrected chi connectivity index (χ2v) is 5.31. The summed E-state index contributed by atoms with van der Waals surface area (Å²) in [6.45, 7) is 1.06. The van der Waals surface area contributed by atoms with E-state index in [4.69, 9.17) is 15.2 Å². The number of hydrogen-bond acceptors (Lipinski definition) is 7. The molecule has 1 aliphatic rings. The Hall–Kier alpha value is -2.48. The van der Waals surface area contributed by atoms with Gasteiger partial charge in [0.05, 0.1) is 4.92 Å². The lowest BCUT2D eigenvalue weighted by molar-refractivity contribution is -0.384. The van der Waals surface area contributed by atoms with Crippen molar-refractivity contribution < 1.29 is 14.4 Å². The van der Waals surface area contributed by atoms with Crippen LogP contribution in [0.5, 0.6) is 11.5 Å². The van der Waals surface area contributed by atoms with Crippen LogP contribution >= 0.6 is 11.8 Å². The second-order valence-electron chi connectivity index (χ2n) is 4.22. The summed E-state index contributed by atoms with van der Waals surface area (Å²) in [6, 6.07) is 8.46. The van der Waals surface area contributed by atoms with Crippen LogP contribution in [0.2, 0.25) is 0 Å². The van der Waals surface area contributed by atoms with Crippen molar-refractivity contribution in [3.8, 4) is 11.5 Å². The zero-order valence-electron chi connectivity index (χ0n) is 10.8. The molecule has 108 valence electrons. The van der Waals surface area contributed by atoms with Crippen molar-refractivity contribution in [2.75, 3.05) is 18.9 Å². The maximum absolute atomic E-state index is 10.7. The lowest BCUT2D eigenvalue weighted by atomic mass is 10.3. The van der Waals surface area contributed by atoms with Crippen LogP contribution in [0.4, 0.5) is 11.5 Å². The van der Waals surface area contributed by atoms with E-state index in [0.717, 1.165) is 4.90 Å². The molecule has 0 fully saturated rings. The first-order valence-electron chi connectivity index (χ1n) is 6.12. The van der Waals surface area contributed by atoms with Crippen LogP contribution in [-0.2, 0) is 0 Å². The molecule has 2 heterocycles. The fraction of sp³-hybridized carbons (Fsp3) is 0.154. The van der Waals surface area contributed by atoms with Crippen LogP contribution in [0.25, 0.3) is 0 Å². The molecule has 7 nitrogen and oxygen atoms in total. The number of anilines is 1. The number of nitrogens with zero attached hydrogens (tertiary/aromatic N) is 2. The topological polar surface area (TPSA) is 101 Å². The Labute approximate surface area is 124 Å². The average Bonchev–Trinajstić information content (AvgIpc) is 2.47. The molecular weight excluding hydrogens is 294 g/mol. The molecule has 0 aliphatic carbocycles. The molecule has 0 bridgehead atoms. The van der Waals surface area contributed by atoms with E-state index < -0.39 is 4.92 Å². The number of benzene rings is 1. The van der Waals surface area contributed by atoms with Crippen LogP contribution in [0.1, 0.15) is 0 Å². The Balaban J connectivity index is 1.83. The largest absolute Gasteiger partial charge is 0.486 e. The summed E-state index contributed by atoms with van der Waals surface area (Å²) in [6.07, 6.45) is 0. The van der Waals surface area contributed by atoms with Gasteiger partial charge in [-0.3, -0.25) is 10.1 Å². The monoisotopic (exact) mass is 305 g/mol. The number of nitrogens with two attached hydrogens (primary N) is 1. The molecule has 0 spiro atoms. The molecule has 1 aromatic heterocycles. The zero-order valence-corrected chi connectivity index (χ0v) is 11.6. The Morgan fingerprint density at radius 3 is 2.67 bits per heavy atom. The summed E-state index contributed by atoms with van der Waals surface area (Å²) < 4.78 is 10.9. The van der Waals surface area contributed by atoms with Crippen molar-refractivity contribution in [3.63, 3.8) is 0 Å². The van der Waals surface area contributed by atoms with Crippen LogP contribution in [0, 0.1) is 10.1 Å². The standard InChI is InChI=1S/C13H11N3O4S/c14-13-9(16(17)18)2-4-12(15-13)21-8-1-3-10-11(7-8)20-6-5-19-10/h1-4,7H,5-6H2,(H2,14,15). The average molecular weight is 305 g/mol. The van der Waals surface area contributed by atoms with E-state index in [2.05, 4.69) is 4.98 Å². The third kappa shape index (κ3) is 2.84. The number of nitrogen functional groups attached to an aromatic ring is 1. The summed E-state index contributed by atoms with van der Waals surface area (Å²) in [5, 5.41) is 11.3. The number of hydrogen-bond donors (Lipinski definition) is 1. The van der Waals surface area contributed by atoms with Crippen molar-refractivity contribution in [2.24, 2.45) is 0 Å². The van der Waals surface area contributed by atoms with E-state index in [1.807, 2.05) is 18.2 Å². The van der Waals surface area contributed by atoms with E-state index in [-0.39, 0.29) is 11.5 Å². The highest BCUT2D eigenvalue weighted by Gasteiger charge is 2.15. The van der Waals surface area contributed by atoms with E-state index in [0.29, 0.717) is 29.7 Å². The normalized spacial score (nSPS) is 13.0. The Morgan fingerprint density at radius 2 is 1.95 bits per heavy atom. The van der Waals surface area contributed by atoms with Crippen molar-refractivity contribution in [1.82, 2.24) is 4.98 Å². The fourth-order valence-corrected chi connectivity index (χ4v) is 2.69. The minimum atomic E-state index is -0.555. The fourth-order valence-electron chi connectivity index (χ4n) is 1.87. The van der Waals surface area contributed by atoms with Crippen LogP contribution in [0.3, 0.4) is 0 Å². The van der Waals surface area contributed by atoms with Gasteiger partial charge in [-0.15, -0.1) is 0 Å². The molecule has 0 unspecified atom stereocenters. The minimum Gasteiger partial charge on any atom is -0.486 e. The van der Waals surface area contributed by atoms with Gasteiger partial charge in [-0.25, -0.2) is 4.98 Å². The Bertz CT molecular complexity index is 708. The highest BCUT2D eigenvalue weighted by atomic mass is 32.2. The molecule has 1 aliphatic heterocycles. The van der Waals surface area contributed by atoms with Crippen LogP contribution in [-0.4, -0.2) is 23.1 Å². The van der Waals surface area contributed by atoms with Gasteiger partial charge in [-0.2, -0.15) is 0 Å². The van der Waals surface area contributed by atoms with Gasteiger partial charge in [0.15, 0.2) is 11.5 Å². The van der Waals surface area contributed by atoms with Gasteiger partial charge < -0.3 is 15.2 Å². The number of rotatable bonds is 3. The van der Waals surface area contributed by atoms with Gasteiger partial charge >= 0.3 is 5.69 Å². The maximum Gasteiger partial charge on any atom is 0.311 e. The summed E-state index contributed by atoms with van der Waals surface area (Å²) in [5.41, 5.74) is 5.38. The minimum absolute atomic E-state index is 0.0949. The first-order chi connectivity index (χ1) is 10.1. The number of pyridine rings is 1. The molecule has 21 heavy (non-hydrogen) atoms. The molecule has 0 radical (unpaired) electrons. The number of fused-ring (bicyclic) bond motifs is 1. The number of aromatic nitrogens is 1. The molecule has 8 heteroatoms. The predicted octanol–water partition coefficient (Wildman–Crippen LogP) is 2.49. The van der Waals surface area contributed by atoms with Crippen molar-refractivity contribution in [2.45, 2.75) is 9.92 Å². The second kappa shape index (κ2) is 5.49. The lowest BCUT2D eigenvalue weighted by Crippen LogP contribution is -2.15. The van der Waals surface area contributed by atoms with E-state index >= 15 is 0 Å². The summed E-state index contributed by atoms with van der Waals surface area (Å²) in [7, 11) is 0. The highest BCUT2D eigenvalue weighted by Crippen LogP contribution is 2.37. The van der Waals surface area contributed by atoms with Crippen LogP contribution in [0.15, 0.2) is 40.3 Å². The van der Waals surface area contributed by atoms with E-state index in [1.54, 1.807) is 6.07 Å². The predicted molar refractivity (Wildman–Crippen MR) is 76.9 cm³/mol. The first kappa shape index (κ1) is 13.5. The molecule has 0 saturated carbocycles. The van der Waals surface area contributed by atoms with Crippen molar-refractivity contribution in [1.29, 1.82) is 0 Å². The first-order valence-corrected chi connectivity index (χ1v) is 6.93. The van der Waals surface area contributed by atoms with Crippen LogP contribution < -0.4 is 15.2 Å². The third-order valence-corrected chi connectivity index (χ3v) is 3.74. The quantitative estimate of drug-likeness (QED) is 0.686. The summed E-state index contributed by atoms with van der Waals surface area (Å²) >= 11 is 1.35. The van der Waals surface area contributed by atoms with Gasteiger partial charge in [0.1, 0.15) is 18.2 Å². The van der Waals surface area contributed by atoms with Gasteiger partial charge in [0.25, 0.3) is 0 Å². The summed E-state index contributed by atoms with van der Waals surface area (Å²) in [5.74, 6) is 1.30. The van der Waals surface area contributed by atoms with Gasteiger partial charge in [-0.05, 0) is 24.3 Å². The third-order valence-electron chi connectivity index (χ3n) is 2.81. The van der Waals surface area contributed by atoms with Gasteiger partial charge in [0, 0.05) is 11.0 Å². The van der Waals surface area contributed by atoms with Crippen molar-refractivity contribution in [3.05, 3.63) is 40.4 Å². The molecule has 2 aromatic rings. The van der Waals surface area contributed by atoms with Gasteiger partial charge in [0.2, 0.25) is 5.82 Å². The summed E-state index contributed by atoms with van der Waals surface area (Å²) in [4.78, 5) is 15.1. The maximum atomic E-state index is 10.7. The molecule has 3 rings (SSSR count). The zero-order chi connectivity index (χ0) is 14.8. The van der Waals surface area contributed by atoms with Gasteiger partial charge in [-0.1, -0.05) is 11.8 Å². The molecule has 2 N–H and O–H groups in total. The highest BCUT2D eigenvalue weighted by molar-refractivity contribution is 7.99. The number of ether oxygens (including phenoxy) is 2. The molecule has 0 atom stereocenters. The lowest BCUT2D eigenvalue weighted by Gasteiger charge is -2.18. The van der Waals surface area contributed by atoms with Crippen molar-refractivity contribution >= 4 is 23.3 Å².